The third-order valence-corrected chi connectivity index (χ3v) is 6.02. The molecule has 0 spiro atoms. The Labute approximate surface area is 165 Å². The average Bonchev–Trinajstić information content (AvgIpc) is 2.61. The minimum atomic E-state index is 0. The van der Waals surface area contributed by atoms with Crippen molar-refractivity contribution in [2.24, 2.45) is 5.92 Å². The van der Waals surface area contributed by atoms with Crippen molar-refractivity contribution in [3.63, 3.8) is 0 Å². The van der Waals surface area contributed by atoms with Crippen molar-refractivity contribution in [1.29, 1.82) is 0 Å². The zero-order valence-electron chi connectivity index (χ0n) is 15.6. The van der Waals surface area contributed by atoms with E-state index in [-0.39, 0.29) is 24.8 Å². The fourth-order valence-corrected chi connectivity index (χ4v) is 4.29. The standard InChI is InChI=1S/C18H34N4O.2ClH/c1-16-2-4-17(5-3-16)21-14-12-20(13-15-21)9-6-18(23)22-10-7-19-8-11-22;;/h16-17,19H,2-15H2,1H3;2*1H. The summed E-state index contributed by atoms with van der Waals surface area (Å²) in [5.41, 5.74) is 0. The summed E-state index contributed by atoms with van der Waals surface area (Å²) in [5.74, 6) is 1.28. The maximum absolute atomic E-state index is 12.2. The molecule has 3 fully saturated rings. The van der Waals surface area contributed by atoms with E-state index in [0.29, 0.717) is 12.3 Å². The van der Waals surface area contributed by atoms with Gasteiger partial charge in [-0.1, -0.05) is 6.92 Å². The van der Waals surface area contributed by atoms with Crippen LogP contribution in [0.5, 0.6) is 0 Å². The molecule has 0 aromatic rings. The van der Waals surface area contributed by atoms with E-state index in [9.17, 15) is 4.79 Å². The predicted molar refractivity (Wildman–Crippen MR) is 108 cm³/mol. The molecule has 1 aliphatic carbocycles. The van der Waals surface area contributed by atoms with Crippen molar-refractivity contribution in [2.75, 3.05) is 58.9 Å². The van der Waals surface area contributed by atoms with Gasteiger partial charge in [0.2, 0.25) is 5.91 Å². The lowest BCUT2D eigenvalue weighted by atomic mass is 9.86. The number of carbonyl (C=O) groups excluding carboxylic acids is 1. The number of rotatable bonds is 4. The molecule has 0 radical (unpaired) electrons. The molecule has 0 aromatic heterocycles. The zero-order chi connectivity index (χ0) is 16.1. The van der Waals surface area contributed by atoms with E-state index < -0.39 is 0 Å². The van der Waals surface area contributed by atoms with Gasteiger partial charge >= 0.3 is 0 Å². The first-order valence-electron chi connectivity index (χ1n) is 9.67. The fourth-order valence-electron chi connectivity index (χ4n) is 4.29. The Kier molecular flexibility index (Phi) is 10.7. The lowest BCUT2D eigenvalue weighted by Gasteiger charge is -2.41. The summed E-state index contributed by atoms with van der Waals surface area (Å²) in [6.07, 6.45) is 6.29. The molecule has 1 amide bonds. The maximum atomic E-state index is 12.2. The molecule has 1 N–H and O–H groups in total. The number of amides is 1. The molecule has 0 unspecified atom stereocenters. The Morgan fingerprint density at radius 1 is 0.920 bits per heavy atom. The van der Waals surface area contributed by atoms with E-state index in [2.05, 4.69) is 22.0 Å². The van der Waals surface area contributed by atoms with Crippen LogP contribution in [0.2, 0.25) is 0 Å². The van der Waals surface area contributed by atoms with Gasteiger partial charge in [0.15, 0.2) is 0 Å². The smallest absolute Gasteiger partial charge is 0.223 e. The summed E-state index contributed by atoms with van der Waals surface area (Å²) in [6.45, 7) is 11.7. The highest BCUT2D eigenvalue weighted by Crippen LogP contribution is 2.27. The molecule has 148 valence electrons. The quantitative estimate of drug-likeness (QED) is 0.789. The number of nitrogens with one attached hydrogen (secondary N) is 1. The monoisotopic (exact) mass is 394 g/mol. The number of carbonyl (C=O) groups is 1. The minimum Gasteiger partial charge on any atom is -0.340 e. The summed E-state index contributed by atoms with van der Waals surface area (Å²) in [4.78, 5) is 19.5. The van der Waals surface area contributed by atoms with Crippen LogP contribution in [0.25, 0.3) is 0 Å². The van der Waals surface area contributed by atoms with E-state index >= 15 is 0 Å². The third-order valence-electron chi connectivity index (χ3n) is 6.02. The molecular formula is C18H36Cl2N4O. The normalized spacial score (nSPS) is 28.8. The number of halogens is 2. The topological polar surface area (TPSA) is 38.8 Å². The molecular weight excluding hydrogens is 359 g/mol. The van der Waals surface area contributed by atoms with Crippen LogP contribution in [-0.4, -0.2) is 85.6 Å². The first kappa shape index (κ1) is 23.0. The van der Waals surface area contributed by atoms with Gasteiger partial charge in [-0.15, -0.1) is 24.8 Å². The first-order chi connectivity index (χ1) is 11.2. The molecule has 5 nitrogen and oxygen atoms in total. The molecule has 2 heterocycles. The summed E-state index contributed by atoms with van der Waals surface area (Å²) in [7, 11) is 0. The van der Waals surface area contributed by atoms with Crippen molar-refractivity contribution in [3.8, 4) is 0 Å². The fraction of sp³-hybridized carbons (Fsp3) is 0.944. The Balaban J connectivity index is 0.00000156. The molecule has 2 aliphatic heterocycles. The van der Waals surface area contributed by atoms with Crippen molar-refractivity contribution in [3.05, 3.63) is 0 Å². The van der Waals surface area contributed by atoms with E-state index in [0.717, 1.165) is 57.8 Å². The van der Waals surface area contributed by atoms with Crippen LogP contribution in [0, 0.1) is 5.92 Å². The summed E-state index contributed by atoms with van der Waals surface area (Å²) in [6, 6.07) is 0.829. The predicted octanol–water partition coefficient (Wildman–Crippen LogP) is 1.85. The molecule has 25 heavy (non-hydrogen) atoms. The lowest BCUT2D eigenvalue weighted by Crippen LogP contribution is -2.52. The Morgan fingerprint density at radius 2 is 1.52 bits per heavy atom. The van der Waals surface area contributed by atoms with E-state index in [4.69, 9.17) is 0 Å². The maximum Gasteiger partial charge on any atom is 0.223 e. The largest absolute Gasteiger partial charge is 0.340 e. The van der Waals surface area contributed by atoms with Gasteiger partial charge in [0.05, 0.1) is 0 Å². The lowest BCUT2D eigenvalue weighted by molar-refractivity contribution is -0.132. The van der Waals surface area contributed by atoms with Crippen LogP contribution in [-0.2, 0) is 4.79 Å². The third kappa shape index (κ3) is 6.87. The Hall–Kier alpha value is -0.0700. The van der Waals surface area contributed by atoms with Crippen molar-refractivity contribution >= 4 is 30.7 Å². The average molecular weight is 395 g/mol. The molecule has 7 heteroatoms. The molecule has 3 aliphatic rings. The van der Waals surface area contributed by atoms with Crippen LogP contribution in [0.1, 0.15) is 39.0 Å². The number of nitrogens with zero attached hydrogens (tertiary/aromatic N) is 3. The number of hydrogen-bond acceptors (Lipinski definition) is 4. The van der Waals surface area contributed by atoms with E-state index in [1.165, 1.54) is 38.8 Å². The van der Waals surface area contributed by atoms with Gasteiger partial charge < -0.3 is 15.1 Å². The van der Waals surface area contributed by atoms with Crippen molar-refractivity contribution in [1.82, 2.24) is 20.0 Å². The van der Waals surface area contributed by atoms with Crippen molar-refractivity contribution in [2.45, 2.75) is 45.1 Å². The van der Waals surface area contributed by atoms with Crippen molar-refractivity contribution < 1.29 is 4.79 Å². The summed E-state index contributed by atoms with van der Waals surface area (Å²) < 4.78 is 0. The van der Waals surface area contributed by atoms with Gasteiger partial charge in [-0.3, -0.25) is 9.69 Å². The molecule has 0 atom stereocenters. The van der Waals surface area contributed by atoms with Gasteiger partial charge in [-0.05, 0) is 31.6 Å². The summed E-state index contributed by atoms with van der Waals surface area (Å²) in [5, 5.41) is 3.30. The second-order valence-electron chi connectivity index (χ2n) is 7.67. The van der Waals surface area contributed by atoms with E-state index in [1.54, 1.807) is 0 Å². The van der Waals surface area contributed by atoms with Gasteiger partial charge in [0, 0.05) is 71.4 Å². The van der Waals surface area contributed by atoms with Gasteiger partial charge in [0.25, 0.3) is 0 Å². The van der Waals surface area contributed by atoms with Crippen LogP contribution < -0.4 is 5.32 Å². The van der Waals surface area contributed by atoms with E-state index in [1.807, 2.05) is 4.90 Å². The van der Waals surface area contributed by atoms with Crippen LogP contribution >= 0.6 is 24.8 Å². The molecule has 2 saturated heterocycles. The molecule has 3 rings (SSSR count). The second kappa shape index (κ2) is 11.6. The highest BCUT2D eigenvalue weighted by Gasteiger charge is 2.27. The Bertz CT molecular complexity index is 377. The Morgan fingerprint density at radius 3 is 2.12 bits per heavy atom. The first-order valence-corrected chi connectivity index (χ1v) is 9.67. The second-order valence-corrected chi connectivity index (χ2v) is 7.67. The number of hydrogen-bond donors (Lipinski definition) is 1. The van der Waals surface area contributed by atoms with Gasteiger partial charge in [-0.2, -0.15) is 0 Å². The highest BCUT2D eigenvalue weighted by molar-refractivity contribution is 5.85. The molecule has 0 bridgehead atoms. The van der Waals surface area contributed by atoms with Crippen LogP contribution in [0.15, 0.2) is 0 Å². The van der Waals surface area contributed by atoms with Gasteiger partial charge in [-0.25, -0.2) is 0 Å². The van der Waals surface area contributed by atoms with Crippen LogP contribution in [0.4, 0.5) is 0 Å². The highest BCUT2D eigenvalue weighted by atomic mass is 35.5. The van der Waals surface area contributed by atoms with Gasteiger partial charge in [0.1, 0.15) is 0 Å². The number of piperazine rings is 2. The zero-order valence-corrected chi connectivity index (χ0v) is 17.3. The SMILES string of the molecule is CC1CCC(N2CCN(CCC(=O)N3CCNCC3)CC2)CC1.Cl.Cl. The minimum absolute atomic E-state index is 0. The summed E-state index contributed by atoms with van der Waals surface area (Å²) >= 11 is 0. The molecule has 1 saturated carbocycles. The van der Waals surface area contributed by atoms with Crippen LogP contribution in [0.3, 0.4) is 0 Å². The molecule has 0 aromatic carbocycles.